The molecule has 6 heavy (non-hydrogen) atoms. The summed E-state index contributed by atoms with van der Waals surface area (Å²) in [6.45, 7) is 0. The second kappa shape index (κ2) is 6.59. The molecule has 0 unspecified atom stereocenters. The third-order valence-corrected chi connectivity index (χ3v) is 0. The van der Waals surface area contributed by atoms with Gasteiger partial charge in [0.1, 0.15) is 0 Å². The Morgan fingerprint density at radius 1 is 1.00 bits per heavy atom. The monoisotopic (exact) mass is 658 g/mol. The first-order valence-corrected chi connectivity index (χ1v) is 34.5. The van der Waals surface area contributed by atoms with Crippen molar-refractivity contribution in [2.24, 2.45) is 0 Å². The quantitative estimate of drug-likeness (QED) is 0.324. The van der Waals surface area contributed by atoms with Gasteiger partial charge in [-0.1, -0.05) is 0 Å². The molecule has 34 valence electrons. The van der Waals surface area contributed by atoms with Crippen LogP contribution < -0.4 is 68.9 Å². The van der Waals surface area contributed by atoms with E-state index in [-0.39, 0.29) is 70.3 Å². The van der Waals surface area contributed by atoms with Gasteiger partial charge < -0.3 is 1.43 Å². The van der Waals surface area contributed by atoms with E-state index in [0.29, 0.717) is 0 Å². The molecule has 0 spiro atoms. The van der Waals surface area contributed by atoms with E-state index >= 15 is 0 Å². The predicted octanol–water partition coefficient (Wildman–Crippen LogP) is 0.118. The van der Waals surface area contributed by atoms with Crippen LogP contribution in [0.1, 0.15) is 1.43 Å². The molecule has 0 rings (SSSR count). The normalized spacial score (nSPS) is 10.0. The van der Waals surface area contributed by atoms with Crippen molar-refractivity contribution in [2.45, 2.75) is 0 Å². The van der Waals surface area contributed by atoms with Crippen molar-refractivity contribution in [2.75, 3.05) is 0 Å². The maximum atomic E-state index is 3.35. The maximum Gasteiger partial charge on any atom is 1.00 e. The van der Waals surface area contributed by atoms with Crippen LogP contribution in [0.3, 0.4) is 0 Å². The molecule has 0 amide bonds. The van der Waals surface area contributed by atoms with Gasteiger partial charge in [0.05, 0.1) is 0 Å². The van der Waals surface area contributed by atoms with Gasteiger partial charge in [-0.3, -0.25) is 0 Å². The van der Waals surface area contributed by atoms with Crippen molar-refractivity contribution in [3.63, 3.8) is 0 Å². The Balaban J connectivity index is -0.0000000800. The summed E-state index contributed by atoms with van der Waals surface area (Å²) >= 11 is 11.4. The fourth-order valence-electron chi connectivity index (χ4n) is 0. The van der Waals surface area contributed by atoms with Crippen LogP contribution in [-0.4, -0.2) is 11.5 Å². The van der Waals surface area contributed by atoms with Gasteiger partial charge in [0.25, 0.3) is 0 Å². The van der Waals surface area contributed by atoms with Crippen molar-refractivity contribution in [3.8, 4) is 0 Å². The average molecular weight is 661 g/mol. The largest absolute Gasteiger partial charge is 1.00 e. The van der Waals surface area contributed by atoms with Gasteiger partial charge in [0.2, 0.25) is 0 Å². The first-order chi connectivity index (χ1) is 2.00. The molecule has 0 bridgehead atoms. The third kappa shape index (κ3) is 23.1. The van der Waals surface area contributed by atoms with E-state index in [4.69, 9.17) is 0 Å². The molecule has 0 aromatic rings. The third-order valence-electron chi connectivity index (χ3n) is 0. The second-order valence-corrected chi connectivity index (χ2v) is 102. The van der Waals surface area contributed by atoms with E-state index in [0.717, 1.165) is 0 Å². The number of hydrogen-bond donors (Lipinski definition) is 0. The number of halogens is 4. The Bertz CT molecular complexity index is 27.2. The maximum absolute atomic E-state index is 3.35. The van der Waals surface area contributed by atoms with E-state index in [1.165, 1.54) is 0 Å². The van der Waals surface area contributed by atoms with Crippen molar-refractivity contribution < 1.29 is 70.3 Å². The fourth-order valence-corrected chi connectivity index (χ4v) is 0. The van der Waals surface area contributed by atoms with Gasteiger partial charge >= 0.3 is 128 Å². The van der Waals surface area contributed by atoms with Crippen LogP contribution in [0.25, 0.3) is 0 Å². The molecular formula is HBr4CsPb. The molecular weight excluding hydrogens is 660 g/mol. The van der Waals surface area contributed by atoms with Crippen molar-refractivity contribution in [1.82, 2.24) is 0 Å². The Labute approximate surface area is 125 Å². The first-order valence-electron chi connectivity index (χ1n) is 0.756. The Morgan fingerprint density at radius 2 is 1.00 bits per heavy atom. The average Bonchev–Trinajstić information content (AvgIpc) is 0.722. The van der Waals surface area contributed by atoms with Gasteiger partial charge in [-0.15, -0.1) is 0 Å². The molecule has 0 aromatic heterocycles. The van der Waals surface area contributed by atoms with E-state index < -0.39 is 11.5 Å². The van der Waals surface area contributed by atoms with E-state index in [2.05, 4.69) is 47.9 Å². The molecule has 0 aliphatic rings. The molecule has 0 atom stereocenters. The first kappa shape index (κ1) is 13.5. The summed E-state index contributed by atoms with van der Waals surface area (Å²) in [5.74, 6) is 0. The molecule has 0 aliphatic heterocycles. The topological polar surface area (TPSA) is 0 Å². The summed E-state index contributed by atoms with van der Waals surface area (Å²) in [5, 5.41) is 0. The summed E-state index contributed by atoms with van der Waals surface area (Å²) in [4.78, 5) is 0. The van der Waals surface area contributed by atoms with Crippen molar-refractivity contribution >= 4 is 59.5 Å². The fraction of sp³-hybridized carbons (Fsp3) is 0. The van der Waals surface area contributed by atoms with Gasteiger partial charge in [-0.25, -0.2) is 0 Å². The summed E-state index contributed by atoms with van der Waals surface area (Å²) in [6, 6.07) is 0. The van der Waals surface area contributed by atoms with Crippen molar-refractivity contribution in [1.29, 1.82) is 0 Å². The summed E-state index contributed by atoms with van der Waals surface area (Å²) in [7, 11) is 0. The molecule has 0 saturated carbocycles. The second-order valence-electron chi connectivity index (χ2n) is 0.429. The molecule has 0 saturated heterocycles. The molecule has 6 heteroatoms. The van der Waals surface area contributed by atoms with Gasteiger partial charge in [0.15, 0.2) is 0 Å². The molecule has 0 radical (unpaired) electrons. The zero-order valence-corrected chi connectivity index (χ0v) is 19.5. The standard InChI is InChI=1S/4BrH.Cs.Pb.H/h4*1H;;;/q;;;;+1;+4;-1/p-4. The SMILES string of the molecule is [Br][Pb]([Br])([Br])[Br].[Cs+].[H-]. The van der Waals surface area contributed by atoms with Crippen LogP contribution in [0, 0.1) is 0 Å². The minimum absolute atomic E-state index is 0. The molecule has 0 fully saturated rings. The van der Waals surface area contributed by atoms with E-state index in [1.54, 1.807) is 0 Å². The summed E-state index contributed by atoms with van der Waals surface area (Å²) < 4.78 is 0. The molecule has 0 N–H and O–H groups in total. The van der Waals surface area contributed by atoms with Crippen LogP contribution in [0.2, 0.25) is 0 Å². The minimum atomic E-state index is -2.03. The predicted molar refractivity (Wildman–Crippen MR) is 42.6 cm³/mol. The number of hydrogen-bond acceptors (Lipinski definition) is 0. The van der Waals surface area contributed by atoms with E-state index in [9.17, 15) is 0 Å². The summed E-state index contributed by atoms with van der Waals surface area (Å²) in [5.41, 5.74) is 0. The van der Waals surface area contributed by atoms with E-state index in [1.807, 2.05) is 0 Å². The van der Waals surface area contributed by atoms with Crippen molar-refractivity contribution in [3.05, 3.63) is 0 Å². The zero-order chi connectivity index (χ0) is 4.50. The van der Waals surface area contributed by atoms with Gasteiger partial charge in [-0.2, -0.15) is 0 Å². The van der Waals surface area contributed by atoms with Gasteiger partial charge in [0, 0.05) is 0 Å². The molecule has 0 aliphatic carbocycles. The molecule has 0 aromatic carbocycles. The van der Waals surface area contributed by atoms with Crippen LogP contribution in [0.5, 0.6) is 0 Å². The van der Waals surface area contributed by atoms with Gasteiger partial charge in [-0.05, 0) is 0 Å². The van der Waals surface area contributed by atoms with Crippen LogP contribution in [0.15, 0.2) is 0 Å². The van der Waals surface area contributed by atoms with Crippen LogP contribution in [-0.2, 0) is 0 Å². The smallest absolute Gasteiger partial charge is 1.00 e. The number of rotatable bonds is 0. The van der Waals surface area contributed by atoms with Crippen LogP contribution in [0.4, 0.5) is 0 Å². The summed E-state index contributed by atoms with van der Waals surface area (Å²) in [6.07, 6.45) is 0. The minimum Gasteiger partial charge on any atom is -1.00 e. The molecule has 0 heterocycles. The Kier molecular flexibility index (Phi) is 14.8. The van der Waals surface area contributed by atoms with Crippen LogP contribution >= 0.6 is 47.9 Å². The zero-order valence-electron chi connectivity index (χ0n) is 4.01. The Hall–Kier alpha value is 4.89. The molecule has 0 nitrogen and oxygen atoms in total. The Morgan fingerprint density at radius 3 is 1.00 bits per heavy atom.